The zero-order valence-corrected chi connectivity index (χ0v) is 20.8. The van der Waals surface area contributed by atoms with E-state index in [0.717, 1.165) is 28.8 Å². The monoisotopic (exact) mass is 484 g/mol. The van der Waals surface area contributed by atoms with Crippen molar-refractivity contribution in [3.8, 4) is 10.4 Å². The first-order chi connectivity index (χ1) is 16.4. The van der Waals surface area contributed by atoms with Gasteiger partial charge in [-0.05, 0) is 37.4 Å². The number of nitrogens with one attached hydrogen (secondary N) is 1. The minimum Gasteiger partial charge on any atom is -0.378 e. The van der Waals surface area contributed by atoms with E-state index in [1.165, 1.54) is 11.3 Å². The first-order valence-corrected chi connectivity index (χ1v) is 12.5. The topological polar surface area (TPSA) is 82.2 Å². The summed E-state index contributed by atoms with van der Waals surface area (Å²) >= 11 is 1.43. The lowest BCUT2D eigenvalue weighted by Crippen LogP contribution is -2.45. The van der Waals surface area contributed by atoms with Crippen LogP contribution < -0.4 is 5.32 Å². The highest BCUT2D eigenvalue weighted by atomic mass is 32.1. The molecule has 0 saturated carbocycles. The Morgan fingerprint density at radius 2 is 1.82 bits per heavy atom. The van der Waals surface area contributed by atoms with Gasteiger partial charge in [0.1, 0.15) is 5.00 Å². The number of morpholine rings is 1. The van der Waals surface area contributed by atoms with Gasteiger partial charge in [0.05, 0.1) is 31.4 Å². The third-order valence-corrected chi connectivity index (χ3v) is 7.64. The molecular weight excluding hydrogens is 452 g/mol. The molecule has 2 aromatic rings. The molecule has 3 amide bonds. The van der Waals surface area contributed by atoms with E-state index in [-0.39, 0.29) is 30.3 Å². The van der Waals surface area contributed by atoms with Gasteiger partial charge >= 0.3 is 0 Å². The highest BCUT2D eigenvalue weighted by Crippen LogP contribution is 2.40. The summed E-state index contributed by atoms with van der Waals surface area (Å²) in [6.07, 6.45) is 1.63. The van der Waals surface area contributed by atoms with Gasteiger partial charge in [-0.15, -0.1) is 11.3 Å². The maximum atomic E-state index is 13.5. The Kier molecular flexibility index (Phi) is 7.65. The van der Waals surface area contributed by atoms with Crippen LogP contribution in [0.2, 0.25) is 0 Å². The summed E-state index contributed by atoms with van der Waals surface area (Å²) in [7, 11) is 3.48. The molecule has 1 aromatic heterocycles. The molecule has 2 saturated heterocycles. The molecule has 3 heterocycles. The predicted molar refractivity (Wildman–Crippen MR) is 133 cm³/mol. The normalized spacial score (nSPS) is 18.7. The van der Waals surface area contributed by atoms with Crippen molar-refractivity contribution < 1.29 is 19.1 Å². The molecule has 34 heavy (non-hydrogen) atoms. The molecule has 8 nitrogen and oxygen atoms in total. The molecular formula is C25H32N4O4S. The second kappa shape index (κ2) is 10.7. The van der Waals surface area contributed by atoms with E-state index in [2.05, 4.69) is 5.32 Å². The minimum atomic E-state index is -0.278. The van der Waals surface area contributed by atoms with Gasteiger partial charge in [-0.25, -0.2) is 0 Å². The van der Waals surface area contributed by atoms with Gasteiger partial charge in [-0.1, -0.05) is 30.3 Å². The number of likely N-dealkylation sites (N-methyl/N-ethyl adjacent to an activating group) is 1. The molecule has 0 unspecified atom stereocenters. The fraction of sp³-hybridized carbons (Fsp3) is 0.480. The van der Waals surface area contributed by atoms with Crippen molar-refractivity contribution in [2.75, 3.05) is 58.8 Å². The highest BCUT2D eigenvalue weighted by molar-refractivity contribution is 7.20. The molecule has 0 spiro atoms. The molecule has 182 valence electrons. The Morgan fingerprint density at radius 1 is 1.12 bits per heavy atom. The standard InChI is InChI=1S/C25H32N4O4S/c1-17-21(25(32)28-12-14-33-15-13-28)23(34-22(17)18-8-5-4-6-9-18)26-20(30)16-29-11-7-10-19(29)24(31)27(2)3/h4-6,8-9,19H,7,10-16H2,1-3H3,(H,26,30)/t19-/m1/s1. The van der Waals surface area contributed by atoms with Crippen LogP contribution in [0.1, 0.15) is 28.8 Å². The molecule has 4 rings (SSSR count). The van der Waals surface area contributed by atoms with Crippen LogP contribution in [0.4, 0.5) is 5.00 Å². The summed E-state index contributed by atoms with van der Waals surface area (Å²) in [6, 6.07) is 9.62. The van der Waals surface area contributed by atoms with Gasteiger partial charge in [0.15, 0.2) is 0 Å². The van der Waals surface area contributed by atoms with E-state index in [1.54, 1.807) is 23.9 Å². The Balaban J connectivity index is 1.59. The summed E-state index contributed by atoms with van der Waals surface area (Å²) in [5.74, 6) is -0.279. The second-order valence-electron chi connectivity index (χ2n) is 8.94. The zero-order valence-electron chi connectivity index (χ0n) is 20.0. The van der Waals surface area contributed by atoms with Crippen LogP contribution in [0.15, 0.2) is 30.3 Å². The van der Waals surface area contributed by atoms with Crippen molar-refractivity contribution in [2.45, 2.75) is 25.8 Å². The third kappa shape index (κ3) is 5.16. The van der Waals surface area contributed by atoms with Gasteiger partial charge in [-0.3, -0.25) is 19.3 Å². The van der Waals surface area contributed by atoms with Gasteiger partial charge in [0.25, 0.3) is 5.91 Å². The maximum absolute atomic E-state index is 13.5. The molecule has 1 atom stereocenters. The summed E-state index contributed by atoms with van der Waals surface area (Å²) < 4.78 is 5.41. The summed E-state index contributed by atoms with van der Waals surface area (Å²) in [5, 5.41) is 3.57. The van der Waals surface area contributed by atoms with E-state index in [4.69, 9.17) is 4.74 Å². The van der Waals surface area contributed by atoms with Crippen LogP contribution in [-0.2, 0) is 14.3 Å². The van der Waals surface area contributed by atoms with Crippen molar-refractivity contribution in [1.82, 2.24) is 14.7 Å². The predicted octanol–water partition coefficient (Wildman–Crippen LogP) is 2.69. The third-order valence-electron chi connectivity index (χ3n) is 6.38. The van der Waals surface area contributed by atoms with Crippen LogP contribution in [0, 0.1) is 6.92 Å². The Morgan fingerprint density at radius 3 is 2.50 bits per heavy atom. The average molecular weight is 485 g/mol. The van der Waals surface area contributed by atoms with Crippen LogP contribution in [-0.4, -0.2) is 92.0 Å². The van der Waals surface area contributed by atoms with E-state index < -0.39 is 0 Å². The zero-order chi connectivity index (χ0) is 24.2. The SMILES string of the molecule is Cc1c(-c2ccccc2)sc(NC(=O)CN2CCC[C@@H]2C(=O)N(C)C)c1C(=O)N1CCOCC1. The van der Waals surface area contributed by atoms with Crippen molar-refractivity contribution in [2.24, 2.45) is 0 Å². The number of hydrogen-bond donors (Lipinski definition) is 1. The Labute approximate surface area is 204 Å². The molecule has 2 aliphatic rings. The Bertz CT molecular complexity index is 1050. The van der Waals surface area contributed by atoms with Crippen molar-refractivity contribution >= 4 is 34.1 Å². The van der Waals surface area contributed by atoms with Crippen LogP contribution in [0.5, 0.6) is 0 Å². The average Bonchev–Trinajstić information content (AvgIpc) is 3.43. The lowest BCUT2D eigenvalue weighted by molar-refractivity contribution is -0.133. The number of carbonyl (C=O) groups is 3. The van der Waals surface area contributed by atoms with Gasteiger partial charge in [-0.2, -0.15) is 0 Å². The molecule has 2 aliphatic heterocycles. The Hall–Kier alpha value is -2.75. The number of carbonyl (C=O) groups excluding carboxylic acids is 3. The second-order valence-corrected chi connectivity index (χ2v) is 9.96. The fourth-order valence-electron chi connectivity index (χ4n) is 4.59. The highest BCUT2D eigenvalue weighted by Gasteiger charge is 2.33. The number of benzene rings is 1. The molecule has 1 aromatic carbocycles. The summed E-state index contributed by atoms with van der Waals surface area (Å²) in [6.45, 7) is 4.85. The number of rotatable bonds is 6. The van der Waals surface area contributed by atoms with E-state index >= 15 is 0 Å². The van der Waals surface area contributed by atoms with Gasteiger partial charge in [0, 0.05) is 32.1 Å². The summed E-state index contributed by atoms with van der Waals surface area (Å²) in [4.78, 5) is 45.4. The van der Waals surface area contributed by atoms with Gasteiger partial charge < -0.3 is 19.9 Å². The number of likely N-dealkylation sites (tertiary alicyclic amines) is 1. The largest absolute Gasteiger partial charge is 0.378 e. The number of thiophene rings is 1. The number of hydrogen-bond acceptors (Lipinski definition) is 6. The lowest BCUT2D eigenvalue weighted by atomic mass is 10.1. The number of nitrogens with zero attached hydrogens (tertiary/aromatic N) is 3. The summed E-state index contributed by atoms with van der Waals surface area (Å²) in [5.41, 5.74) is 2.42. The quantitative estimate of drug-likeness (QED) is 0.682. The van der Waals surface area contributed by atoms with E-state index in [0.29, 0.717) is 43.4 Å². The fourth-order valence-corrected chi connectivity index (χ4v) is 5.81. The first-order valence-electron chi connectivity index (χ1n) is 11.7. The number of anilines is 1. The lowest BCUT2D eigenvalue weighted by Gasteiger charge is -2.27. The van der Waals surface area contributed by atoms with E-state index in [9.17, 15) is 14.4 Å². The van der Waals surface area contributed by atoms with Crippen molar-refractivity contribution in [3.05, 3.63) is 41.5 Å². The molecule has 0 aliphatic carbocycles. The van der Waals surface area contributed by atoms with E-state index in [1.807, 2.05) is 42.2 Å². The van der Waals surface area contributed by atoms with Crippen molar-refractivity contribution in [1.29, 1.82) is 0 Å². The molecule has 0 radical (unpaired) electrons. The first kappa shape index (κ1) is 24.4. The number of ether oxygens (including phenoxy) is 1. The number of amides is 3. The van der Waals surface area contributed by atoms with Crippen LogP contribution >= 0.6 is 11.3 Å². The molecule has 9 heteroatoms. The van der Waals surface area contributed by atoms with Crippen LogP contribution in [0.25, 0.3) is 10.4 Å². The molecule has 0 bridgehead atoms. The molecule has 1 N–H and O–H groups in total. The smallest absolute Gasteiger partial charge is 0.257 e. The van der Waals surface area contributed by atoms with Crippen LogP contribution in [0.3, 0.4) is 0 Å². The minimum absolute atomic E-state index is 0.0202. The molecule has 2 fully saturated rings. The van der Waals surface area contributed by atoms with Crippen molar-refractivity contribution in [3.63, 3.8) is 0 Å². The van der Waals surface area contributed by atoms with Gasteiger partial charge in [0.2, 0.25) is 11.8 Å². The maximum Gasteiger partial charge on any atom is 0.257 e.